The first-order chi connectivity index (χ1) is 12.3. The summed E-state index contributed by atoms with van der Waals surface area (Å²) < 4.78 is 5.97. The summed E-state index contributed by atoms with van der Waals surface area (Å²) in [5, 5.41) is 14.5. The number of aromatic nitrogens is 1. The first-order valence-corrected chi connectivity index (χ1v) is 8.41. The largest absolute Gasteiger partial charge is 0.474 e. The van der Waals surface area contributed by atoms with E-state index in [1.165, 1.54) is 12.8 Å². The molecule has 0 radical (unpaired) electrons. The number of anilines is 1. The van der Waals surface area contributed by atoms with Gasteiger partial charge in [-0.3, -0.25) is 0 Å². The molecule has 0 aliphatic heterocycles. The van der Waals surface area contributed by atoms with Crippen LogP contribution in [0.15, 0.2) is 42.6 Å². The smallest absolute Gasteiger partial charge is 0.319 e. The standard InChI is InChI=1S/C19H20N4O2/c20-12-14-6-1-4-10-17(14)23-19(24)22-13-15-7-5-11-21-18(15)25-16-8-2-3-9-16/h1,4-7,10-11,16H,2-3,8-9,13H2,(H2,22,23,24). The van der Waals surface area contributed by atoms with Gasteiger partial charge in [0, 0.05) is 18.3 Å². The molecule has 2 amide bonds. The van der Waals surface area contributed by atoms with Crippen molar-refractivity contribution in [1.82, 2.24) is 10.3 Å². The van der Waals surface area contributed by atoms with E-state index in [0.29, 0.717) is 23.7 Å². The third-order valence-corrected chi connectivity index (χ3v) is 4.17. The van der Waals surface area contributed by atoms with E-state index >= 15 is 0 Å². The van der Waals surface area contributed by atoms with Gasteiger partial charge in [0.1, 0.15) is 12.2 Å². The molecule has 2 aromatic rings. The summed E-state index contributed by atoms with van der Waals surface area (Å²) in [5.41, 5.74) is 1.73. The number of rotatable bonds is 5. The number of carbonyl (C=O) groups is 1. The Labute approximate surface area is 146 Å². The molecule has 0 saturated heterocycles. The monoisotopic (exact) mass is 336 g/mol. The molecule has 2 N–H and O–H groups in total. The second-order valence-electron chi connectivity index (χ2n) is 5.96. The molecule has 1 aliphatic carbocycles. The molecule has 25 heavy (non-hydrogen) atoms. The SMILES string of the molecule is N#Cc1ccccc1NC(=O)NCc1cccnc1OC1CCCC1. The topological polar surface area (TPSA) is 87.0 Å². The van der Waals surface area contributed by atoms with Crippen LogP contribution in [-0.2, 0) is 6.54 Å². The highest BCUT2D eigenvalue weighted by molar-refractivity contribution is 5.90. The minimum atomic E-state index is -0.377. The van der Waals surface area contributed by atoms with Crippen LogP contribution < -0.4 is 15.4 Å². The molecule has 3 rings (SSSR count). The van der Waals surface area contributed by atoms with Gasteiger partial charge in [-0.1, -0.05) is 18.2 Å². The van der Waals surface area contributed by atoms with E-state index in [-0.39, 0.29) is 12.1 Å². The lowest BCUT2D eigenvalue weighted by Crippen LogP contribution is -2.29. The van der Waals surface area contributed by atoms with Crippen LogP contribution in [0.2, 0.25) is 0 Å². The molecule has 6 heteroatoms. The van der Waals surface area contributed by atoms with Gasteiger partial charge in [0.15, 0.2) is 0 Å². The van der Waals surface area contributed by atoms with Crippen LogP contribution in [0, 0.1) is 11.3 Å². The number of para-hydroxylation sites is 1. The molecule has 1 fully saturated rings. The molecule has 0 spiro atoms. The summed E-state index contributed by atoms with van der Waals surface area (Å²) in [5.74, 6) is 0.576. The van der Waals surface area contributed by atoms with Crippen molar-refractivity contribution >= 4 is 11.7 Å². The fraction of sp³-hybridized carbons (Fsp3) is 0.316. The second-order valence-corrected chi connectivity index (χ2v) is 5.96. The summed E-state index contributed by atoms with van der Waals surface area (Å²) in [6.07, 6.45) is 6.38. The van der Waals surface area contributed by atoms with Gasteiger partial charge in [-0.2, -0.15) is 5.26 Å². The van der Waals surface area contributed by atoms with E-state index in [0.717, 1.165) is 18.4 Å². The number of carbonyl (C=O) groups excluding carboxylic acids is 1. The minimum Gasteiger partial charge on any atom is -0.474 e. The number of benzene rings is 1. The number of amides is 2. The summed E-state index contributed by atoms with van der Waals surface area (Å²) in [7, 11) is 0. The van der Waals surface area contributed by atoms with Crippen LogP contribution >= 0.6 is 0 Å². The molecule has 0 unspecified atom stereocenters. The lowest BCUT2D eigenvalue weighted by atomic mass is 10.2. The van der Waals surface area contributed by atoms with Crippen LogP contribution in [0.3, 0.4) is 0 Å². The number of hydrogen-bond acceptors (Lipinski definition) is 4. The van der Waals surface area contributed by atoms with Crippen molar-refractivity contribution < 1.29 is 9.53 Å². The predicted octanol–water partition coefficient (Wildman–Crippen LogP) is 3.60. The van der Waals surface area contributed by atoms with Gasteiger partial charge in [-0.15, -0.1) is 0 Å². The van der Waals surface area contributed by atoms with Crippen molar-refractivity contribution in [2.24, 2.45) is 0 Å². The zero-order valence-electron chi connectivity index (χ0n) is 13.9. The van der Waals surface area contributed by atoms with Crippen molar-refractivity contribution in [3.05, 3.63) is 53.7 Å². The molecular formula is C19H20N4O2. The van der Waals surface area contributed by atoms with Gasteiger partial charge in [0.2, 0.25) is 5.88 Å². The molecule has 1 aromatic heterocycles. The third kappa shape index (κ3) is 4.48. The average molecular weight is 336 g/mol. The zero-order valence-corrected chi connectivity index (χ0v) is 13.9. The molecule has 1 heterocycles. The molecule has 0 atom stereocenters. The summed E-state index contributed by atoms with van der Waals surface area (Å²) in [6.45, 7) is 0.302. The van der Waals surface area contributed by atoms with Crippen LogP contribution in [0.5, 0.6) is 5.88 Å². The summed E-state index contributed by atoms with van der Waals surface area (Å²) >= 11 is 0. The van der Waals surface area contributed by atoms with Crippen molar-refractivity contribution in [2.45, 2.75) is 38.3 Å². The average Bonchev–Trinajstić information content (AvgIpc) is 3.14. The van der Waals surface area contributed by atoms with Gasteiger partial charge >= 0.3 is 6.03 Å². The van der Waals surface area contributed by atoms with Crippen molar-refractivity contribution in [3.63, 3.8) is 0 Å². The fourth-order valence-electron chi connectivity index (χ4n) is 2.86. The molecule has 6 nitrogen and oxygen atoms in total. The number of nitrogens with one attached hydrogen (secondary N) is 2. The molecule has 1 aliphatic rings. The number of nitriles is 1. The highest BCUT2D eigenvalue weighted by Gasteiger charge is 2.18. The quantitative estimate of drug-likeness (QED) is 0.873. The van der Waals surface area contributed by atoms with E-state index in [9.17, 15) is 4.79 Å². The Hall–Kier alpha value is -3.07. The Morgan fingerprint density at radius 1 is 1.24 bits per heavy atom. The number of ether oxygens (including phenoxy) is 1. The van der Waals surface area contributed by atoms with Crippen LogP contribution in [0.25, 0.3) is 0 Å². The number of pyridine rings is 1. The minimum absolute atomic E-state index is 0.213. The first-order valence-electron chi connectivity index (χ1n) is 8.41. The Morgan fingerprint density at radius 3 is 2.84 bits per heavy atom. The number of urea groups is 1. The maximum absolute atomic E-state index is 12.1. The highest BCUT2D eigenvalue weighted by atomic mass is 16.5. The van der Waals surface area contributed by atoms with Crippen molar-refractivity contribution in [2.75, 3.05) is 5.32 Å². The number of nitrogens with zero attached hydrogens (tertiary/aromatic N) is 2. The lowest BCUT2D eigenvalue weighted by molar-refractivity contribution is 0.199. The fourth-order valence-corrected chi connectivity index (χ4v) is 2.86. The maximum atomic E-state index is 12.1. The molecule has 1 saturated carbocycles. The van der Waals surface area contributed by atoms with E-state index in [2.05, 4.69) is 21.7 Å². The Morgan fingerprint density at radius 2 is 2.04 bits per heavy atom. The molecule has 128 valence electrons. The third-order valence-electron chi connectivity index (χ3n) is 4.17. The zero-order chi connectivity index (χ0) is 17.5. The highest BCUT2D eigenvalue weighted by Crippen LogP contribution is 2.25. The second kappa shape index (κ2) is 8.15. The van der Waals surface area contributed by atoms with Gasteiger partial charge < -0.3 is 15.4 Å². The Kier molecular flexibility index (Phi) is 5.47. The first kappa shape index (κ1) is 16.8. The lowest BCUT2D eigenvalue weighted by Gasteiger charge is -2.15. The molecule has 1 aromatic carbocycles. The maximum Gasteiger partial charge on any atom is 0.319 e. The number of hydrogen-bond donors (Lipinski definition) is 2. The van der Waals surface area contributed by atoms with Crippen LogP contribution in [0.1, 0.15) is 36.8 Å². The Balaban J connectivity index is 1.59. The predicted molar refractivity (Wildman–Crippen MR) is 94.1 cm³/mol. The normalized spacial score (nSPS) is 13.9. The van der Waals surface area contributed by atoms with Crippen molar-refractivity contribution in [1.29, 1.82) is 5.26 Å². The van der Waals surface area contributed by atoms with Crippen molar-refractivity contribution in [3.8, 4) is 11.9 Å². The van der Waals surface area contributed by atoms with Gasteiger partial charge in [-0.05, 0) is 43.9 Å². The van der Waals surface area contributed by atoms with Gasteiger partial charge in [0.05, 0.1) is 11.3 Å². The van der Waals surface area contributed by atoms with Gasteiger partial charge in [0.25, 0.3) is 0 Å². The van der Waals surface area contributed by atoms with Gasteiger partial charge in [-0.25, -0.2) is 9.78 Å². The van der Waals surface area contributed by atoms with E-state index in [1.54, 1.807) is 30.5 Å². The summed E-state index contributed by atoms with van der Waals surface area (Å²) in [4.78, 5) is 16.4. The molecular weight excluding hydrogens is 316 g/mol. The van der Waals surface area contributed by atoms with E-state index in [1.807, 2.05) is 12.1 Å². The van der Waals surface area contributed by atoms with Crippen LogP contribution in [0.4, 0.5) is 10.5 Å². The molecule has 0 bridgehead atoms. The summed E-state index contributed by atoms with van der Waals surface area (Å²) in [6, 6.07) is 12.3. The van der Waals surface area contributed by atoms with E-state index in [4.69, 9.17) is 10.00 Å². The Bertz CT molecular complexity index is 779. The van der Waals surface area contributed by atoms with E-state index < -0.39 is 0 Å². The van der Waals surface area contributed by atoms with Crippen LogP contribution in [-0.4, -0.2) is 17.1 Å².